The summed E-state index contributed by atoms with van der Waals surface area (Å²) in [5.41, 5.74) is 6.02. The van der Waals surface area contributed by atoms with Crippen LogP contribution in [-0.4, -0.2) is 62.8 Å². The van der Waals surface area contributed by atoms with Crippen molar-refractivity contribution in [3.8, 4) is 0 Å². The van der Waals surface area contributed by atoms with Crippen LogP contribution in [-0.2, 0) is 14.4 Å². The van der Waals surface area contributed by atoms with Crippen LogP contribution in [0.15, 0.2) is 12.1 Å². The number of carbonyl (C=O) groups is 3. The smallest absolute Gasteiger partial charge is 0.327 e. The maximum Gasteiger partial charge on any atom is 0.327 e. The molecule has 2 aliphatic rings. The van der Waals surface area contributed by atoms with Crippen LogP contribution >= 0.6 is 23.1 Å². The Kier molecular flexibility index (Phi) is 5.61. The van der Waals surface area contributed by atoms with E-state index in [0.29, 0.717) is 4.88 Å². The van der Waals surface area contributed by atoms with Gasteiger partial charge in [0.2, 0.25) is 5.91 Å². The number of alkyl halides is 1. The van der Waals surface area contributed by atoms with E-state index in [-0.39, 0.29) is 0 Å². The van der Waals surface area contributed by atoms with Gasteiger partial charge in [0.05, 0.1) is 5.00 Å². The van der Waals surface area contributed by atoms with E-state index in [1.54, 1.807) is 19.9 Å². The fourth-order valence-corrected chi connectivity index (χ4v) is 6.44. The van der Waals surface area contributed by atoms with Gasteiger partial charge in [0.1, 0.15) is 17.5 Å². The van der Waals surface area contributed by atoms with Crippen molar-refractivity contribution in [2.75, 3.05) is 18.0 Å². The topological polar surface area (TPSA) is 116 Å². The van der Waals surface area contributed by atoms with E-state index in [9.17, 15) is 19.5 Å². The van der Waals surface area contributed by atoms with E-state index in [1.807, 2.05) is 19.9 Å². The molecule has 1 aromatic rings. The minimum Gasteiger partial charge on any atom is -0.480 e. The van der Waals surface area contributed by atoms with Crippen LogP contribution in [0.5, 0.6) is 0 Å². The number of hydrogen-bond acceptors (Lipinski definition) is 7. The second kappa shape index (κ2) is 7.44. The number of rotatable bonds is 7. The van der Waals surface area contributed by atoms with Gasteiger partial charge in [-0.2, -0.15) is 0 Å². The molecule has 0 radical (unpaired) electrons. The summed E-state index contributed by atoms with van der Waals surface area (Å²) in [5, 5.41) is 11.4. The number of nitrogens with one attached hydrogen (secondary N) is 1. The number of carboxylic acid groups (broad SMARTS) is 1. The number of aliphatic carboxylic acids is 1. The van der Waals surface area contributed by atoms with Gasteiger partial charge in [-0.15, -0.1) is 23.1 Å². The predicted octanol–water partition coefficient (Wildman–Crippen LogP) is 1.52. The summed E-state index contributed by atoms with van der Waals surface area (Å²) in [6.45, 7) is 8.90. The summed E-state index contributed by atoms with van der Waals surface area (Å²) >= 11 is 2.36. The number of thiophene rings is 1. The molecule has 2 saturated heterocycles. The van der Waals surface area contributed by atoms with E-state index in [0.717, 1.165) is 34.8 Å². The Morgan fingerprint density at radius 1 is 1.38 bits per heavy atom. The standard InChI is InChI=1S/C18H25FN4O4S2/c1-5-22(6-2)10-8-7-9(28-10)11(20)13(24)21-18(19)15(27)23-12(14(25)26)17(3,4)29-16(18)23/h7-8,11-12,16H,5-6,20H2,1-4H3,(H,21,24)(H,25,26)/t11?,12-,16+,18?/m0/s1. The van der Waals surface area contributed by atoms with Gasteiger partial charge in [0.15, 0.2) is 0 Å². The zero-order valence-corrected chi connectivity index (χ0v) is 18.3. The molecular formula is C18H25FN4O4S2. The number of carboxylic acids is 1. The Bertz CT molecular complexity index is 844. The van der Waals surface area contributed by atoms with Gasteiger partial charge in [-0.25, -0.2) is 9.18 Å². The summed E-state index contributed by atoms with van der Waals surface area (Å²) < 4.78 is 14.5. The average molecular weight is 445 g/mol. The van der Waals surface area contributed by atoms with Crippen molar-refractivity contribution < 1.29 is 23.9 Å². The highest BCUT2D eigenvalue weighted by Crippen LogP contribution is 2.55. The van der Waals surface area contributed by atoms with Crippen LogP contribution in [0.1, 0.15) is 38.6 Å². The Balaban J connectivity index is 1.74. The Morgan fingerprint density at radius 2 is 2.00 bits per heavy atom. The number of halogens is 1. The number of thioether (sulfide) groups is 1. The fourth-order valence-electron chi connectivity index (χ4n) is 3.74. The van der Waals surface area contributed by atoms with Gasteiger partial charge in [-0.3, -0.25) is 9.59 Å². The van der Waals surface area contributed by atoms with E-state index >= 15 is 4.39 Å². The zero-order valence-electron chi connectivity index (χ0n) is 16.6. The molecule has 2 fully saturated rings. The first-order valence-corrected chi connectivity index (χ1v) is 11.0. The molecule has 0 bridgehead atoms. The van der Waals surface area contributed by atoms with Gasteiger partial charge >= 0.3 is 5.97 Å². The summed E-state index contributed by atoms with van der Waals surface area (Å²) in [6, 6.07) is 1.28. The number of hydrogen-bond donors (Lipinski definition) is 3. The van der Waals surface area contributed by atoms with Gasteiger partial charge < -0.3 is 26.0 Å². The molecule has 4 N–H and O–H groups in total. The SMILES string of the molecule is CCN(CC)c1ccc(C(N)C(=O)NC2(F)C(=O)N3[C@@H](C(=O)O)C(C)(C)S[C@@H]32)s1. The molecule has 2 amide bonds. The van der Waals surface area contributed by atoms with Crippen LogP contribution in [0.25, 0.3) is 0 Å². The monoisotopic (exact) mass is 444 g/mol. The fraction of sp³-hybridized carbons (Fsp3) is 0.611. The van der Waals surface area contributed by atoms with Gasteiger partial charge in [0.25, 0.3) is 11.7 Å². The number of β-lactam (4-membered cyclic amide) rings is 1. The molecule has 0 aliphatic carbocycles. The maximum atomic E-state index is 15.4. The van der Waals surface area contributed by atoms with E-state index in [1.165, 1.54) is 11.3 Å². The highest BCUT2D eigenvalue weighted by Gasteiger charge is 2.73. The minimum absolute atomic E-state index is 0.555. The third-order valence-corrected chi connectivity index (χ3v) is 8.14. The molecular weight excluding hydrogens is 419 g/mol. The van der Waals surface area contributed by atoms with Gasteiger partial charge in [0, 0.05) is 22.7 Å². The largest absolute Gasteiger partial charge is 0.480 e. The lowest BCUT2D eigenvalue weighted by atomic mass is 9.94. The van der Waals surface area contributed by atoms with Crippen molar-refractivity contribution in [3.05, 3.63) is 17.0 Å². The molecule has 4 atom stereocenters. The van der Waals surface area contributed by atoms with Crippen molar-refractivity contribution in [2.45, 2.75) is 55.7 Å². The van der Waals surface area contributed by atoms with Crippen LogP contribution < -0.4 is 16.0 Å². The summed E-state index contributed by atoms with van der Waals surface area (Å²) in [6.07, 6.45) is 0. The number of carbonyl (C=O) groups excluding carboxylic acids is 2. The summed E-state index contributed by atoms with van der Waals surface area (Å²) in [7, 11) is 0. The van der Waals surface area contributed by atoms with Crippen molar-refractivity contribution in [1.29, 1.82) is 0 Å². The predicted molar refractivity (Wildman–Crippen MR) is 111 cm³/mol. The highest BCUT2D eigenvalue weighted by atomic mass is 32.2. The average Bonchev–Trinajstić information content (AvgIpc) is 3.23. The molecule has 3 rings (SSSR count). The maximum absolute atomic E-state index is 15.4. The molecule has 1 aromatic heterocycles. The van der Waals surface area contributed by atoms with Crippen LogP contribution in [0, 0.1) is 0 Å². The van der Waals surface area contributed by atoms with Crippen LogP contribution in [0.3, 0.4) is 0 Å². The lowest BCUT2D eigenvalue weighted by Gasteiger charge is -2.47. The molecule has 3 heterocycles. The lowest BCUT2D eigenvalue weighted by molar-refractivity contribution is -0.182. The first-order chi connectivity index (χ1) is 13.5. The van der Waals surface area contributed by atoms with Gasteiger partial charge in [-0.1, -0.05) is 0 Å². The van der Waals surface area contributed by atoms with Crippen LogP contribution in [0.4, 0.5) is 9.39 Å². The van der Waals surface area contributed by atoms with E-state index in [2.05, 4.69) is 10.2 Å². The molecule has 29 heavy (non-hydrogen) atoms. The molecule has 160 valence electrons. The normalized spacial score (nSPS) is 28.5. The second-order valence-corrected chi connectivity index (χ2v) is 10.4. The minimum atomic E-state index is -2.67. The molecule has 0 saturated carbocycles. The Hall–Kier alpha value is -1.85. The molecule has 0 aromatic carbocycles. The quantitative estimate of drug-likeness (QED) is 0.431. The first-order valence-electron chi connectivity index (χ1n) is 9.32. The number of anilines is 1. The van der Waals surface area contributed by atoms with Crippen molar-refractivity contribution in [1.82, 2.24) is 10.2 Å². The number of amides is 2. The Labute approximate surface area is 176 Å². The molecule has 0 spiro atoms. The van der Waals surface area contributed by atoms with Crippen molar-refractivity contribution >= 4 is 45.9 Å². The van der Waals surface area contributed by atoms with Crippen LogP contribution in [0.2, 0.25) is 0 Å². The van der Waals surface area contributed by atoms with E-state index in [4.69, 9.17) is 5.73 Å². The molecule has 11 heteroatoms. The number of nitrogens with zero attached hydrogens (tertiary/aromatic N) is 2. The third-order valence-electron chi connectivity index (χ3n) is 5.31. The third kappa shape index (κ3) is 3.38. The second-order valence-electron chi connectivity index (χ2n) is 7.55. The zero-order chi connectivity index (χ0) is 21.7. The van der Waals surface area contributed by atoms with Crippen molar-refractivity contribution in [2.24, 2.45) is 5.73 Å². The number of nitrogens with two attached hydrogens (primary N) is 1. The highest BCUT2D eigenvalue weighted by molar-refractivity contribution is 8.01. The molecule has 2 unspecified atom stereocenters. The summed E-state index contributed by atoms with van der Waals surface area (Å²) in [5.74, 6) is -5.74. The van der Waals surface area contributed by atoms with Gasteiger partial charge in [-0.05, 0) is 39.8 Å². The molecule has 2 aliphatic heterocycles. The van der Waals surface area contributed by atoms with Crippen molar-refractivity contribution in [3.63, 3.8) is 0 Å². The lowest BCUT2D eigenvalue weighted by Crippen LogP contribution is -2.77. The number of fused-ring (bicyclic) bond motifs is 1. The molecule has 8 nitrogen and oxygen atoms in total. The van der Waals surface area contributed by atoms with E-state index < -0.39 is 45.8 Å². The summed E-state index contributed by atoms with van der Waals surface area (Å²) in [4.78, 5) is 40.2. The first kappa shape index (κ1) is 21.8. The Morgan fingerprint density at radius 3 is 2.55 bits per heavy atom.